The van der Waals surface area contributed by atoms with Crippen molar-refractivity contribution in [1.29, 1.82) is 0 Å². The summed E-state index contributed by atoms with van der Waals surface area (Å²) >= 11 is 0. The van der Waals surface area contributed by atoms with Crippen molar-refractivity contribution in [2.75, 3.05) is 20.3 Å². The maximum Gasteiger partial charge on any atom is 0.407 e. The minimum absolute atomic E-state index is 0.0580. The first-order valence-electron chi connectivity index (χ1n) is 9.47. The van der Waals surface area contributed by atoms with Crippen LogP contribution in [-0.4, -0.2) is 72.6 Å². The van der Waals surface area contributed by atoms with Crippen LogP contribution in [0.4, 0.5) is 4.79 Å². The number of alkyl carbamates (subject to hydrolysis) is 1. The highest BCUT2D eigenvalue weighted by Gasteiger charge is 2.63. The maximum absolute atomic E-state index is 13.0. The van der Waals surface area contributed by atoms with Gasteiger partial charge < -0.3 is 24.4 Å². The molecule has 2 atom stereocenters. The predicted octanol–water partition coefficient (Wildman–Crippen LogP) is 0.812. The topological polar surface area (TPSA) is 128 Å². The lowest BCUT2D eigenvalue weighted by atomic mass is 9.78. The Labute approximate surface area is 170 Å². The average Bonchev–Trinajstić information content (AvgIpc) is 2.94. The lowest BCUT2D eigenvalue weighted by molar-refractivity contribution is -0.181. The number of nitrogens with zero attached hydrogens (tertiary/aromatic N) is 1. The highest BCUT2D eigenvalue weighted by molar-refractivity contribution is 6.08. The monoisotopic (exact) mass is 414 g/mol. The van der Waals surface area contributed by atoms with Crippen LogP contribution in [0.1, 0.15) is 47.5 Å². The van der Waals surface area contributed by atoms with Crippen LogP contribution in [0, 0.1) is 5.92 Å². The Morgan fingerprint density at radius 3 is 2.03 bits per heavy atom. The smallest absolute Gasteiger partial charge is 0.407 e. The van der Waals surface area contributed by atoms with E-state index >= 15 is 0 Å². The molecule has 0 aromatic heterocycles. The third-order valence-electron chi connectivity index (χ3n) is 4.51. The van der Waals surface area contributed by atoms with Gasteiger partial charge in [0.1, 0.15) is 11.4 Å². The number of Topliss-reactive ketones (excluding diaryl/α,β-unsaturated/α-hetero) is 1. The van der Waals surface area contributed by atoms with Gasteiger partial charge in [0.25, 0.3) is 0 Å². The SMILES string of the molecule is CCOC(=O)C(C(=O)OCC)(C1CC(=O)CC1NC(=O)OC(C)(C)C)N(C)C=O. The minimum atomic E-state index is -2.22. The molecule has 0 aliphatic heterocycles. The highest BCUT2D eigenvalue weighted by Crippen LogP contribution is 2.38. The summed E-state index contributed by atoms with van der Waals surface area (Å²) in [6.45, 7) is 7.99. The number of ether oxygens (including phenoxy) is 3. The summed E-state index contributed by atoms with van der Waals surface area (Å²) in [4.78, 5) is 62.9. The molecule has 1 N–H and O–H groups in total. The molecule has 1 aliphatic rings. The Morgan fingerprint density at radius 1 is 1.10 bits per heavy atom. The quantitative estimate of drug-likeness (QED) is 0.267. The van der Waals surface area contributed by atoms with Crippen LogP contribution in [0.25, 0.3) is 0 Å². The van der Waals surface area contributed by atoms with E-state index in [-0.39, 0.29) is 31.8 Å². The van der Waals surface area contributed by atoms with E-state index < -0.39 is 41.1 Å². The van der Waals surface area contributed by atoms with E-state index in [4.69, 9.17) is 14.2 Å². The summed E-state index contributed by atoms with van der Waals surface area (Å²) in [6.07, 6.45) is -0.869. The van der Waals surface area contributed by atoms with Crippen molar-refractivity contribution < 1.29 is 38.2 Å². The zero-order valence-corrected chi connectivity index (χ0v) is 17.8. The number of nitrogens with one attached hydrogen (secondary N) is 1. The molecule has 1 saturated carbocycles. The lowest BCUT2D eigenvalue weighted by Gasteiger charge is -2.41. The summed E-state index contributed by atoms with van der Waals surface area (Å²) in [5.74, 6) is -3.42. The number of esters is 2. The summed E-state index contributed by atoms with van der Waals surface area (Å²) in [5.41, 5.74) is -3.01. The van der Waals surface area contributed by atoms with Crippen LogP contribution >= 0.6 is 0 Å². The van der Waals surface area contributed by atoms with Gasteiger partial charge in [-0.3, -0.25) is 9.59 Å². The van der Waals surface area contributed by atoms with E-state index in [0.717, 1.165) is 4.90 Å². The molecule has 1 aliphatic carbocycles. The maximum atomic E-state index is 13.0. The first-order valence-corrected chi connectivity index (χ1v) is 9.47. The fourth-order valence-corrected chi connectivity index (χ4v) is 3.41. The van der Waals surface area contributed by atoms with Crippen LogP contribution in [0.5, 0.6) is 0 Å². The molecule has 10 nitrogen and oxygen atoms in total. The summed E-state index contributed by atoms with van der Waals surface area (Å²) in [6, 6.07) is -0.937. The van der Waals surface area contributed by atoms with E-state index in [1.54, 1.807) is 34.6 Å². The number of ketones is 1. The van der Waals surface area contributed by atoms with Crippen molar-refractivity contribution in [2.45, 2.75) is 64.6 Å². The first-order chi connectivity index (χ1) is 13.4. The van der Waals surface area contributed by atoms with Gasteiger partial charge in [0.15, 0.2) is 0 Å². The second-order valence-corrected chi connectivity index (χ2v) is 7.73. The third kappa shape index (κ3) is 5.45. The van der Waals surface area contributed by atoms with Crippen molar-refractivity contribution >= 4 is 30.2 Å². The Morgan fingerprint density at radius 2 is 1.62 bits per heavy atom. The van der Waals surface area contributed by atoms with Crippen LogP contribution in [0.15, 0.2) is 0 Å². The third-order valence-corrected chi connectivity index (χ3v) is 4.51. The van der Waals surface area contributed by atoms with Crippen LogP contribution in [-0.2, 0) is 33.4 Å². The number of amides is 2. The molecule has 1 rings (SSSR count). The summed E-state index contributed by atoms with van der Waals surface area (Å²) in [5, 5.41) is 2.55. The molecule has 10 heteroatoms. The predicted molar refractivity (Wildman–Crippen MR) is 101 cm³/mol. The first kappa shape index (κ1) is 24.4. The molecule has 2 amide bonds. The van der Waals surface area contributed by atoms with Gasteiger partial charge in [0, 0.05) is 31.8 Å². The van der Waals surface area contributed by atoms with E-state index in [0.29, 0.717) is 6.41 Å². The molecule has 0 heterocycles. The molecule has 0 spiro atoms. The normalized spacial score (nSPS) is 19.3. The average molecular weight is 414 g/mol. The van der Waals surface area contributed by atoms with E-state index in [9.17, 15) is 24.0 Å². The van der Waals surface area contributed by atoms with Crippen molar-refractivity contribution in [3.8, 4) is 0 Å². The Kier molecular flexibility index (Phi) is 8.16. The number of carbonyl (C=O) groups excluding carboxylic acids is 5. The van der Waals surface area contributed by atoms with Crippen LogP contribution in [0.2, 0.25) is 0 Å². The molecule has 1 fully saturated rings. The van der Waals surface area contributed by atoms with Gasteiger partial charge in [-0.1, -0.05) is 0 Å². The van der Waals surface area contributed by atoms with Crippen LogP contribution < -0.4 is 5.32 Å². The fourth-order valence-electron chi connectivity index (χ4n) is 3.41. The van der Waals surface area contributed by atoms with Crippen LogP contribution in [0.3, 0.4) is 0 Å². The van der Waals surface area contributed by atoms with Gasteiger partial charge in [0.05, 0.1) is 13.2 Å². The lowest BCUT2D eigenvalue weighted by Crippen LogP contribution is -2.67. The second kappa shape index (κ2) is 9.71. The zero-order chi connectivity index (χ0) is 22.4. The summed E-state index contributed by atoms with van der Waals surface area (Å²) in [7, 11) is 1.23. The van der Waals surface area contributed by atoms with Gasteiger partial charge in [-0.25, -0.2) is 14.4 Å². The number of hydrogen-bond donors (Lipinski definition) is 1. The van der Waals surface area contributed by atoms with Crippen molar-refractivity contribution in [3.63, 3.8) is 0 Å². The van der Waals surface area contributed by atoms with Gasteiger partial charge >= 0.3 is 18.0 Å². The Bertz CT molecular complexity index is 637. The fraction of sp³-hybridized carbons (Fsp3) is 0.737. The molecule has 0 aromatic rings. The largest absolute Gasteiger partial charge is 0.464 e. The minimum Gasteiger partial charge on any atom is -0.464 e. The molecule has 0 aromatic carbocycles. The number of carbonyl (C=O) groups is 5. The zero-order valence-electron chi connectivity index (χ0n) is 17.8. The van der Waals surface area contributed by atoms with Gasteiger partial charge in [0.2, 0.25) is 11.9 Å². The molecule has 0 radical (unpaired) electrons. The second-order valence-electron chi connectivity index (χ2n) is 7.73. The molecule has 0 saturated heterocycles. The molecule has 2 unspecified atom stereocenters. The number of hydrogen-bond acceptors (Lipinski definition) is 8. The standard InChI is InChI=1S/C19H30N2O8/c1-7-27-15(24)19(21(6)11-22,16(25)28-8-2)13-9-12(23)10-14(13)20-17(26)29-18(3,4)5/h11,13-14H,7-10H2,1-6H3,(H,20,26). The Hall–Kier alpha value is -2.65. The van der Waals surface area contributed by atoms with Gasteiger partial charge in [-0.15, -0.1) is 0 Å². The van der Waals surface area contributed by atoms with E-state index in [1.165, 1.54) is 7.05 Å². The van der Waals surface area contributed by atoms with Gasteiger partial charge in [-0.2, -0.15) is 0 Å². The number of likely N-dealkylation sites (N-methyl/N-ethyl adjacent to an activating group) is 1. The van der Waals surface area contributed by atoms with Gasteiger partial charge in [-0.05, 0) is 34.6 Å². The number of rotatable bonds is 8. The highest BCUT2D eigenvalue weighted by atomic mass is 16.6. The molecule has 29 heavy (non-hydrogen) atoms. The van der Waals surface area contributed by atoms with Crippen molar-refractivity contribution in [2.24, 2.45) is 5.92 Å². The van der Waals surface area contributed by atoms with E-state index in [2.05, 4.69) is 5.32 Å². The summed E-state index contributed by atoms with van der Waals surface area (Å²) < 4.78 is 15.4. The van der Waals surface area contributed by atoms with Crippen molar-refractivity contribution in [3.05, 3.63) is 0 Å². The van der Waals surface area contributed by atoms with E-state index in [1.807, 2.05) is 0 Å². The van der Waals surface area contributed by atoms with Crippen molar-refractivity contribution in [1.82, 2.24) is 10.2 Å². The molecular formula is C19H30N2O8. The molecule has 164 valence electrons. The Balaban J connectivity index is 3.44. The molecular weight excluding hydrogens is 384 g/mol. The molecule has 0 bridgehead atoms.